The molecule has 2 aromatic carbocycles. The fourth-order valence-electron chi connectivity index (χ4n) is 2.50. The molecule has 0 unspecified atom stereocenters. The highest BCUT2D eigenvalue weighted by Gasteiger charge is 2.37. The molecule has 3 nitrogen and oxygen atoms in total. The van der Waals surface area contributed by atoms with Gasteiger partial charge >= 0.3 is 12.4 Å². The standard InChI is InChI=1S/C20H21F6N3/c1-5-29(4)11-27-17-6-13(3)18(7-12(17)2)28-16-9-14(19(21,22)23)8-15(10-16)20(24,25)26/h6-11,28H,5H2,1-4H3/b27-11-. The molecule has 0 saturated carbocycles. The van der Waals surface area contributed by atoms with E-state index in [0.29, 0.717) is 29.1 Å². The number of alkyl halides is 6. The molecular formula is C20H21F6N3. The Balaban J connectivity index is 2.43. The number of aryl methyl sites for hydroxylation is 2. The van der Waals surface area contributed by atoms with Gasteiger partial charge in [-0.1, -0.05) is 0 Å². The van der Waals surface area contributed by atoms with Crippen molar-refractivity contribution in [2.24, 2.45) is 4.99 Å². The average molecular weight is 417 g/mol. The highest BCUT2D eigenvalue weighted by molar-refractivity contribution is 5.71. The zero-order valence-corrected chi connectivity index (χ0v) is 16.3. The predicted octanol–water partition coefficient (Wildman–Crippen LogP) is 6.70. The minimum absolute atomic E-state index is 0.103. The first-order chi connectivity index (χ1) is 13.3. The van der Waals surface area contributed by atoms with E-state index in [1.54, 1.807) is 32.3 Å². The molecule has 0 fully saturated rings. The number of nitrogens with one attached hydrogen (secondary N) is 1. The van der Waals surface area contributed by atoms with Crippen LogP contribution in [-0.2, 0) is 12.4 Å². The van der Waals surface area contributed by atoms with Crippen LogP contribution in [0.15, 0.2) is 35.3 Å². The molecule has 0 radical (unpaired) electrons. The van der Waals surface area contributed by atoms with Crippen LogP contribution in [0.2, 0.25) is 0 Å². The fraction of sp³-hybridized carbons (Fsp3) is 0.350. The van der Waals surface area contributed by atoms with E-state index in [-0.39, 0.29) is 11.8 Å². The molecule has 0 aliphatic carbocycles. The maximum absolute atomic E-state index is 13.0. The molecule has 158 valence electrons. The number of hydrogen-bond donors (Lipinski definition) is 1. The minimum atomic E-state index is -4.90. The molecule has 9 heteroatoms. The molecule has 2 aromatic rings. The number of nitrogens with zero attached hydrogens (tertiary/aromatic N) is 2. The van der Waals surface area contributed by atoms with Crippen LogP contribution in [0.4, 0.5) is 43.4 Å². The zero-order chi connectivity index (χ0) is 22.0. The van der Waals surface area contributed by atoms with Crippen molar-refractivity contribution in [1.29, 1.82) is 0 Å². The molecule has 0 spiro atoms. The van der Waals surface area contributed by atoms with Gasteiger partial charge in [0, 0.05) is 25.0 Å². The van der Waals surface area contributed by atoms with Gasteiger partial charge in [-0.25, -0.2) is 4.99 Å². The van der Waals surface area contributed by atoms with Gasteiger partial charge in [0.15, 0.2) is 0 Å². The van der Waals surface area contributed by atoms with Gasteiger partial charge in [0.05, 0.1) is 23.2 Å². The molecule has 0 bridgehead atoms. The molecule has 0 saturated heterocycles. The van der Waals surface area contributed by atoms with E-state index >= 15 is 0 Å². The van der Waals surface area contributed by atoms with Gasteiger partial charge in [0.25, 0.3) is 0 Å². The summed E-state index contributed by atoms with van der Waals surface area (Å²) >= 11 is 0. The largest absolute Gasteiger partial charge is 0.416 e. The van der Waals surface area contributed by atoms with Crippen molar-refractivity contribution in [3.05, 3.63) is 52.6 Å². The topological polar surface area (TPSA) is 27.6 Å². The van der Waals surface area contributed by atoms with Crippen molar-refractivity contribution < 1.29 is 26.3 Å². The highest BCUT2D eigenvalue weighted by Crippen LogP contribution is 2.38. The average Bonchev–Trinajstić information content (AvgIpc) is 2.61. The second-order valence-electron chi connectivity index (χ2n) is 6.69. The number of halogens is 6. The first-order valence-electron chi connectivity index (χ1n) is 8.73. The van der Waals surface area contributed by atoms with Crippen LogP contribution in [0.1, 0.15) is 29.2 Å². The van der Waals surface area contributed by atoms with Crippen molar-refractivity contribution in [2.75, 3.05) is 18.9 Å². The van der Waals surface area contributed by atoms with Gasteiger partial charge in [-0.2, -0.15) is 26.3 Å². The summed E-state index contributed by atoms with van der Waals surface area (Å²) in [5.41, 5.74) is -0.612. The summed E-state index contributed by atoms with van der Waals surface area (Å²) in [6.45, 7) is 6.18. The van der Waals surface area contributed by atoms with Crippen molar-refractivity contribution in [3.8, 4) is 0 Å². The molecule has 1 N–H and O–H groups in total. The Morgan fingerprint density at radius 1 is 0.897 bits per heavy atom. The van der Waals surface area contributed by atoms with E-state index < -0.39 is 23.5 Å². The smallest absolute Gasteiger partial charge is 0.366 e. The fourth-order valence-corrected chi connectivity index (χ4v) is 2.50. The van der Waals surface area contributed by atoms with Crippen LogP contribution in [-0.4, -0.2) is 24.8 Å². The Kier molecular flexibility index (Phi) is 6.50. The Labute approximate surface area is 165 Å². The van der Waals surface area contributed by atoms with Gasteiger partial charge in [0.2, 0.25) is 0 Å². The van der Waals surface area contributed by atoms with Gasteiger partial charge in [-0.15, -0.1) is 0 Å². The van der Waals surface area contributed by atoms with Crippen LogP contribution in [0.3, 0.4) is 0 Å². The third kappa shape index (κ3) is 5.88. The summed E-state index contributed by atoms with van der Waals surface area (Å²) in [6, 6.07) is 4.78. The summed E-state index contributed by atoms with van der Waals surface area (Å²) in [7, 11) is 1.85. The number of benzene rings is 2. The van der Waals surface area contributed by atoms with Crippen LogP contribution >= 0.6 is 0 Å². The lowest BCUT2D eigenvalue weighted by Crippen LogP contribution is -2.14. The van der Waals surface area contributed by atoms with E-state index in [9.17, 15) is 26.3 Å². The molecule has 0 heterocycles. The summed E-state index contributed by atoms with van der Waals surface area (Å²) in [5, 5.41) is 2.68. The second kappa shape index (κ2) is 8.34. The third-order valence-corrected chi connectivity index (χ3v) is 4.30. The van der Waals surface area contributed by atoms with E-state index in [1.807, 2.05) is 18.9 Å². The van der Waals surface area contributed by atoms with E-state index in [1.165, 1.54) is 0 Å². The summed E-state index contributed by atoms with van der Waals surface area (Å²) in [4.78, 5) is 6.22. The maximum atomic E-state index is 13.0. The first-order valence-corrected chi connectivity index (χ1v) is 8.73. The molecule has 0 aliphatic heterocycles. The molecular weight excluding hydrogens is 396 g/mol. The molecule has 0 atom stereocenters. The molecule has 0 amide bonds. The quantitative estimate of drug-likeness (QED) is 0.333. The van der Waals surface area contributed by atoms with Crippen molar-refractivity contribution in [3.63, 3.8) is 0 Å². The lowest BCUT2D eigenvalue weighted by atomic mass is 10.1. The molecule has 0 aliphatic rings. The van der Waals surface area contributed by atoms with Gasteiger partial charge in [0.1, 0.15) is 0 Å². The summed E-state index contributed by atoms with van der Waals surface area (Å²) in [6.07, 6.45) is -8.14. The van der Waals surface area contributed by atoms with E-state index in [4.69, 9.17) is 0 Å². The molecule has 0 aromatic heterocycles. The number of rotatable bonds is 5. The Hall–Kier alpha value is -2.71. The second-order valence-corrected chi connectivity index (χ2v) is 6.69. The maximum Gasteiger partial charge on any atom is 0.416 e. The van der Waals surface area contributed by atoms with E-state index in [2.05, 4.69) is 10.3 Å². The van der Waals surface area contributed by atoms with Crippen molar-refractivity contribution in [1.82, 2.24) is 4.90 Å². The Morgan fingerprint density at radius 2 is 1.45 bits per heavy atom. The van der Waals surface area contributed by atoms with Crippen LogP contribution in [0.5, 0.6) is 0 Å². The SMILES string of the molecule is CCN(C)/C=N\c1cc(C)c(Nc2cc(C(F)(F)F)cc(C(F)(F)F)c2)cc1C. The predicted molar refractivity (Wildman–Crippen MR) is 102 cm³/mol. The number of aliphatic imine (C=N–C) groups is 1. The lowest BCUT2D eigenvalue weighted by Gasteiger charge is -2.17. The van der Waals surface area contributed by atoms with Crippen LogP contribution in [0.25, 0.3) is 0 Å². The Bertz CT molecular complexity index is 868. The normalized spacial score (nSPS) is 12.5. The summed E-state index contributed by atoms with van der Waals surface area (Å²) < 4.78 is 78.2. The zero-order valence-electron chi connectivity index (χ0n) is 16.3. The highest BCUT2D eigenvalue weighted by atomic mass is 19.4. The first kappa shape index (κ1) is 22.6. The minimum Gasteiger partial charge on any atom is -0.366 e. The number of anilines is 2. The monoisotopic (exact) mass is 417 g/mol. The lowest BCUT2D eigenvalue weighted by molar-refractivity contribution is -0.143. The molecule has 29 heavy (non-hydrogen) atoms. The van der Waals surface area contributed by atoms with Crippen molar-refractivity contribution >= 4 is 23.4 Å². The van der Waals surface area contributed by atoms with Crippen molar-refractivity contribution in [2.45, 2.75) is 33.1 Å². The van der Waals surface area contributed by atoms with E-state index in [0.717, 1.165) is 12.1 Å². The third-order valence-electron chi connectivity index (χ3n) is 4.30. The van der Waals surface area contributed by atoms with Gasteiger partial charge < -0.3 is 10.2 Å². The van der Waals surface area contributed by atoms with Crippen LogP contribution < -0.4 is 5.32 Å². The van der Waals surface area contributed by atoms with Gasteiger partial charge in [-0.05, 0) is 62.2 Å². The molecule has 2 rings (SSSR count). The summed E-state index contributed by atoms with van der Waals surface area (Å²) in [5.74, 6) is 0. The Morgan fingerprint density at radius 3 is 1.93 bits per heavy atom. The van der Waals surface area contributed by atoms with Crippen LogP contribution in [0, 0.1) is 13.8 Å². The number of hydrogen-bond acceptors (Lipinski definition) is 2. The van der Waals surface area contributed by atoms with Gasteiger partial charge in [-0.3, -0.25) is 0 Å².